The van der Waals surface area contributed by atoms with Gasteiger partial charge in [-0.05, 0) is 6.42 Å². The lowest BCUT2D eigenvalue weighted by molar-refractivity contribution is -0.149. The molecule has 0 saturated heterocycles. The van der Waals surface area contributed by atoms with Gasteiger partial charge in [-0.25, -0.2) is 4.79 Å². The summed E-state index contributed by atoms with van der Waals surface area (Å²) in [6, 6.07) is -1.19. The molecule has 3 amide bonds. The summed E-state index contributed by atoms with van der Waals surface area (Å²) in [6.07, 6.45) is -0.362. The van der Waals surface area contributed by atoms with Gasteiger partial charge in [0.2, 0.25) is 17.7 Å². The first kappa shape index (κ1) is 38.5. The maximum Gasteiger partial charge on any atom is 0.326 e. The van der Waals surface area contributed by atoms with Gasteiger partial charge < -0.3 is 38.8 Å². The van der Waals surface area contributed by atoms with E-state index in [1.807, 2.05) is 20.8 Å². The Morgan fingerprint density at radius 3 is 1.86 bits per heavy atom. The van der Waals surface area contributed by atoms with Crippen LogP contribution < -0.4 is 0 Å². The largest absolute Gasteiger partial charge is 0.480 e. The average Bonchev–Trinajstić information content (AvgIpc) is 3.47. The van der Waals surface area contributed by atoms with E-state index in [1.54, 1.807) is 14.1 Å². The van der Waals surface area contributed by atoms with Crippen LogP contribution in [0.3, 0.4) is 0 Å². The molecule has 1 aromatic rings. The number of hydrogen-bond acceptors (Lipinski definition) is 12. The summed E-state index contributed by atoms with van der Waals surface area (Å²) in [5.74, 6) is -2.09. The highest BCUT2D eigenvalue weighted by molar-refractivity contribution is 5.85. The van der Waals surface area contributed by atoms with Gasteiger partial charge in [0.25, 0.3) is 0 Å². The highest BCUT2D eigenvalue weighted by atomic mass is 16.5. The second-order valence-electron chi connectivity index (χ2n) is 11.0. The Morgan fingerprint density at radius 1 is 0.795 bits per heavy atom. The van der Waals surface area contributed by atoms with E-state index in [2.05, 4.69) is 20.6 Å². The van der Waals surface area contributed by atoms with E-state index in [4.69, 9.17) is 18.9 Å². The fourth-order valence-electron chi connectivity index (χ4n) is 3.37. The highest BCUT2D eigenvalue weighted by Crippen LogP contribution is 2.14. The number of H-pyrrole nitrogens is 1. The van der Waals surface area contributed by atoms with Gasteiger partial charge in [-0.1, -0.05) is 26.0 Å². The van der Waals surface area contributed by atoms with Crippen LogP contribution in [0.1, 0.15) is 39.4 Å². The van der Waals surface area contributed by atoms with Crippen LogP contribution in [-0.2, 0) is 49.3 Å². The number of rotatable bonds is 23. The lowest BCUT2D eigenvalue weighted by atomic mass is 9.91. The zero-order valence-electron chi connectivity index (χ0n) is 26.6. The molecule has 17 nitrogen and oxygen atoms in total. The molecule has 250 valence electrons. The molecule has 1 unspecified atom stereocenters. The fraction of sp³-hybridized carbons (Fsp3) is 0.778. The van der Waals surface area contributed by atoms with E-state index >= 15 is 0 Å². The maximum atomic E-state index is 12.5. The smallest absolute Gasteiger partial charge is 0.326 e. The topological polar surface area (TPSA) is 207 Å². The van der Waals surface area contributed by atoms with Gasteiger partial charge in [-0.2, -0.15) is 5.21 Å². The quantitative estimate of drug-likeness (QED) is 0.140. The Labute approximate surface area is 257 Å². The molecule has 1 atom stereocenters. The predicted octanol–water partition coefficient (Wildman–Crippen LogP) is -0.968. The number of aromatic amines is 1. The molecule has 1 aromatic heterocycles. The van der Waals surface area contributed by atoms with Gasteiger partial charge in [0.1, 0.15) is 19.3 Å². The molecule has 0 fully saturated rings. The van der Waals surface area contributed by atoms with Gasteiger partial charge in [-0.3, -0.25) is 19.2 Å². The van der Waals surface area contributed by atoms with E-state index in [0.29, 0.717) is 26.4 Å². The third kappa shape index (κ3) is 15.8. The van der Waals surface area contributed by atoms with Gasteiger partial charge in [0.05, 0.1) is 46.1 Å². The molecule has 0 saturated carbocycles. The second kappa shape index (κ2) is 20.4. The first-order valence-corrected chi connectivity index (χ1v) is 14.3. The minimum atomic E-state index is -1.22. The number of carboxylic acid groups (broad SMARTS) is 1. The number of amides is 3. The number of Topliss-reactive ketones (excluding diaryl/α,β-unsaturated/α-hetero) is 1. The molecule has 0 aliphatic rings. The van der Waals surface area contributed by atoms with Crippen molar-refractivity contribution in [2.24, 2.45) is 5.41 Å². The third-order valence-corrected chi connectivity index (χ3v) is 6.51. The molecule has 0 aliphatic heterocycles. The number of ketones is 1. The summed E-state index contributed by atoms with van der Waals surface area (Å²) < 4.78 is 21.6. The van der Waals surface area contributed by atoms with Crippen LogP contribution >= 0.6 is 0 Å². The molecule has 0 aromatic carbocycles. The van der Waals surface area contributed by atoms with Gasteiger partial charge in [0, 0.05) is 46.1 Å². The number of nitrogens with zero attached hydrogens (tertiary/aromatic N) is 6. The zero-order valence-corrected chi connectivity index (χ0v) is 26.6. The van der Waals surface area contributed by atoms with Crippen LogP contribution in [0, 0.1) is 5.41 Å². The predicted molar refractivity (Wildman–Crippen MR) is 154 cm³/mol. The number of nitrogens with one attached hydrogen (secondary N) is 1. The Bertz CT molecular complexity index is 1030. The summed E-state index contributed by atoms with van der Waals surface area (Å²) in [5, 5.41) is 22.5. The number of hydrogen-bond donors (Lipinski definition) is 2. The van der Waals surface area contributed by atoms with E-state index in [1.165, 1.54) is 16.8 Å². The number of aliphatic carboxylic acids is 1. The van der Waals surface area contributed by atoms with Crippen LogP contribution in [0.4, 0.5) is 0 Å². The summed E-state index contributed by atoms with van der Waals surface area (Å²) in [7, 11) is 4.56. The summed E-state index contributed by atoms with van der Waals surface area (Å²) in [5.41, 5.74) is -0.436. The van der Waals surface area contributed by atoms with Crippen LogP contribution in [0.25, 0.3) is 0 Å². The van der Waals surface area contributed by atoms with E-state index in [0.717, 1.165) is 4.90 Å². The third-order valence-electron chi connectivity index (χ3n) is 6.51. The van der Waals surface area contributed by atoms with Crippen molar-refractivity contribution in [1.82, 2.24) is 35.3 Å². The number of ether oxygens (including phenoxy) is 4. The average molecular weight is 630 g/mol. The highest BCUT2D eigenvalue weighted by Gasteiger charge is 2.28. The molecule has 0 spiro atoms. The van der Waals surface area contributed by atoms with Crippen LogP contribution in [0.5, 0.6) is 0 Å². The van der Waals surface area contributed by atoms with Gasteiger partial charge in [0.15, 0.2) is 11.6 Å². The molecule has 0 bridgehead atoms. The van der Waals surface area contributed by atoms with Crippen molar-refractivity contribution in [2.45, 2.75) is 46.1 Å². The molecule has 0 radical (unpaired) electrons. The van der Waals surface area contributed by atoms with Crippen molar-refractivity contribution in [1.29, 1.82) is 0 Å². The zero-order chi connectivity index (χ0) is 33.1. The number of carbonyl (C=O) groups is 5. The van der Waals surface area contributed by atoms with Crippen molar-refractivity contribution in [2.75, 3.05) is 87.1 Å². The molecule has 0 aliphatic carbocycles. The lowest BCUT2D eigenvalue weighted by Gasteiger charge is -2.25. The summed E-state index contributed by atoms with van der Waals surface area (Å²) in [4.78, 5) is 64.4. The van der Waals surface area contributed by atoms with Crippen molar-refractivity contribution in [3.05, 3.63) is 5.82 Å². The molecule has 1 heterocycles. The van der Waals surface area contributed by atoms with Gasteiger partial charge in [-0.15, -0.1) is 10.2 Å². The van der Waals surface area contributed by atoms with Crippen molar-refractivity contribution in [3.63, 3.8) is 0 Å². The summed E-state index contributed by atoms with van der Waals surface area (Å²) >= 11 is 0. The van der Waals surface area contributed by atoms with Gasteiger partial charge >= 0.3 is 5.97 Å². The minimum absolute atomic E-state index is 0.0221. The number of tetrazole rings is 1. The van der Waals surface area contributed by atoms with Crippen LogP contribution in [-0.4, -0.2) is 163 Å². The monoisotopic (exact) mass is 629 g/mol. The second-order valence-corrected chi connectivity index (χ2v) is 11.0. The van der Waals surface area contributed by atoms with Crippen molar-refractivity contribution in [3.8, 4) is 0 Å². The minimum Gasteiger partial charge on any atom is -0.480 e. The summed E-state index contributed by atoms with van der Waals surface area (Å²) in [6.45, 7) is 7.63. The fourth-order valence-corrected chi connectivity index (χ4v) is 3.37. The number of likely N-dealkylation sites (N-methyl/N-ethyl adjacent to an activating group) is 3. The number of aromatic nitrogens is 4. The van der Waals surface area contributed by atoms with Crippen molar-refractivity contribution < 1.29 is 48.0 Å². The molecular weight excluding hydrogens is 582 g/mol. The molecular formula is C27H47N7O10. The molecule has 17 heteroatoms. The maximum absolute atomic E-state index is 12.5. The standard InChI is InChI=1S/C27H47N7O10/c1-27(2,3)21(35)18-43-15-13-42-12-10-33(5)25(38)19-44-16-14-41-11-9-32(4)23(36)8-7-20(26(39)40)34(6)24(37)17-22-28-30-31-29-22/h20H,7-19H2,1-6H3,(H,39,40)(H,28,29,30,31). The Kier molecular flexibility index (Phi) is 17.9. The normalized spacial score (nSPS) is 12.0. The lowest BCUT2D eigenvalue weighted by Crippen LogP contribution is -2.44. The van der Waals surface area contributed by atoms with Crippen molar-refractivity contribution >= 4 is 29.5 Å². The van der Waals surface area contributed by atoms with Crippen LogP contribution in [0.2, 0.25) is 0 Å². The SMILES string of the molecule is CN(CCOCCOCC(=O)N(C)CCOCCOCC(=O)C(C)(C)C)C(=O)CCC(C(=O)O)N(C)C(=O)Cc1nn[nH]n1. The Hall–Kier alpha value is -3.54. The Morgan fingerprint density at radius 2 is 1.34 bits per heavy atom. The number of carboxylic acids is 1. The molecule has 44 heavy (non-hydrogen) atoms. The van der Waals surface area contributed by atoms with E-state index in [-0.39, 0.29) is 82.3 Å². The first-order chi connectivity index (χ1) is 20.7. The first-order valence-electron chi connectivity index (χ1n) is 14.3. The Balaban J connectivity index is 2.13. The van der Waals surface area contributed by atoms with Crippen LogP contribution in [0.15, 0.2) is 0 Å². The molecule has 2 N–H and O–H groups in total. The molecule has 1 rings (SSSR count). The number of carbonyl (C=O) groups excluding carboxylic acids is 4. The van der Waals surface area contributed by atoms with E-state index < -0.39 is 23.3 Å². The van der Waals surface area contributed by atoms with E-state index in [9.17, 15) is 29.1 Å².